The lowest BCUT2D eigenvalue weighted by Crippen LogP contribution is -2.44. The van der Waals surface area contributed by atoms with Crippen LogP contribution in [0, 0.1) is 27.7 Å². The number of anilines is 6. The van der Waals surface area contributed by atoms with Crippen molar-refractivity contribution in [1.29, 1.82) is 0 Å². The summed E-state index contributed by atoms with van der Waals surface area (Å²) in [7, 11) is 0. The SMILES string of the molecule is Cc1ccc(N(c2ccc(C)cc2)c2ccc3c(c2)C2(OCCCO2)c2cc4c(cc2-3)C(C)(C)C(C)(C)c2cc(N(c3ccc(C)cc3)c3ccc(C)cc3)ccc2-4)cc1. The Morgan fingerprint density at radius 2 is 0.650 bits per heavy atom. The molecule has 300 valence electrons. The summed E-state index contributed by atoms with van der Waals surface area (Å²) in [5.74, 6) is -1.01. The topological polar surface area (TPSA) is 24.9 Å². The Labute approximate surface area is 356 Å². The number of aryl methyl sites for hydroxylation is 4. The zero-order valence-corrected chi connectivity index (χ0v) is 36.2. The lowest BCUT2D eigenvalue weighted by atomic mass is 9.55. The van der Waals surface area contributed by atoms with Gasteiger partial charge in [0.1, 0.15) is 0 Å². The average Bonchev–Trinajstić information content (AvgIpc) is 3.50. The molecule has 7 aromatic carbocycles. The van der Waals surface area contributed by atoms with Crippen molar-refractivity contribution >= 4 is 34.1 Å². The van der Waals surface area contributed by atoms with Crippen LogP contribution in [0.4, 0.5) is 34.1 Å². The zero-order chi connectivity index (χ0) is 41.6. The maximum Gasteiger partial charge on any atom is 0.223 e. The van der Waals surface area contributed by atoms with Crippen molar-refractivity contribution in [2.75, 3.05) is 23.0 Å². The van der Waals surface area contributed by atoms with Crippen LogP contribution in [0.5, 0.6) is 0 Å². The van der Waals surface area contributed by atoms with Gasteiger partial charge in [0.05, 0.1) is 13.2 Å². The Hall–Kier alpha value is -5.94. The van der Waals surface area contributed by atoms with Crippen LogP contribution in [0.3, 0.4) is 0 Å². The number of hydrogen-bond acceptors (Lipinski definition) is 4. The summed E-state index contributed by atoms with van der Waals surface area (Å²) in [5.41, 5.74) is 21.0. The standard InChI is InChI=1S/C56H54N2O2/c1-36-10-18-40(19-11-36)57(41-20-12-37(2)13-21-41)44-26-28-46-48-35-53-49(34-51(48)55(7,8)54(5,6)50(46)32-44)47-29-27-45(33-52(47)56(53)59-30-9-31-60-56)58(42-22-14-38(3)15-23-42)43-24-16-39(4)17-25-43/h10-29,32-35H,9,30-31H2,1-8H3. The highest BCUT2D eigenvalue weighted by Gasteiger charge is 2.51. The molecule has 0 radical (unpaired) electrons. The van der Waals surface area contributed by atoms with E-state index in [0.717, 1.165) is 51.7 Å². The van der Waals surface area contributed by atoms with Crippen molar-refractivity contribution < 1.29 is 9.47 Å². The van der Waals surface area contributed by atoms with E-state index in [2.05, 4.69) is 211 Å². The highest BCUT2D eigenvalue weighted by atomic mass is 16.7. The smallest absolute Gasteiger partial charge is 0.223 e. The molecule has 0 bridgehead atoms. The third kappa shape index (κ3) is 5.95. The summed E-state index contributed by atoms with van der Waals surface area (Å²) < 4.78 is 13.9. The van der Waals surface area contributed by atoms with Crippen LogP contribution in [0.1, 0.15) is 78.6 Å². The van der Waals surface area contributed by atoms with Crippen molar-refractivity contribution in [1.82, 2.24) is 0 Å². The Bertz CT molecular complexity index is 2660. The molecule has 60 heavy (non-hydrogen) atoms. The van der Waals surface area contributed by atoms with Crippen LogP contribution in [0.25, 0.3) is 22.3 Å². The Kier molecular flexibility index (Phi) is 8.98. The van der Waals surface area contributed by atoms with Crippen LogP contribution in [0.2, 0.25) is 0 Å². The summed E-state index contributed by atoms with van der Waals surface area (Å²) in [6, 6.07) is 54.2. The second-order valence-electron chi connectivity index (χ2n) is 18.3. The quantitative estimate of drug-likeness (QED) is 0.168. The summed E-state index contributed by atoms with van der Waals surface area (Å²) in [4.78, 5) is 4.74. The van der Waals surface area contributed by atoms with Gasteiger partial charge in [-0.15, -0.1) is 0 Å². The summed E-state index contributed by atoms with van der Waals surface area (Å²) in [6.07, 6.45) is 0.862. The van der Waals surface area contributed by atoms with Crippen molar-refractivity contribution in [3.8, 4) is 22.3 Å². The van der Waals surface area contributed by atoms with E-state index in [1.165, 1.54) is 55.6 Å². The maximum absolute atomic E-state index is 6.95. The summed E-state index contributed by atoms with van der Waals surface area (Å²) in [6.45, 7) is 19.5. The van der Waals surface area contributed by atoms with Gasteiger partial charge in [0.25, 0.3) is 0 Å². The summed E-state index contributed by atoms with van der Waals surface area (Å²) in [5, 5.41) is 0. The maximum atomic E-state index is 6.95. The van der Waals surface area contributed by atoms with Gasteiger partial charge in [-0.1, -0.05) is 111 Å². The molecule has 10 rings (SSSR count). The fourth-order valence-electron chi connectivity index (χ4n) is 9.77. The first kappa shape index (κ1) is 38.3. The van der Waals surface area contributed by atoms with Gasteiger partial charge >= 0.3 is 0 Å². The van der Waals surface area contributed by atoms with Crippen LogP contribution in [0.15, 0.2) is 146 Å². The second kappa shape index (κ2) is 14.1. The van der Waals surface area contributed by atoms with Gasteiger partial charge in [0, 0.05) is 45.3 Å². The molecule has 1 saturated heterocycles. The first-order chi connectivity index (χ1) is 28.9. The normalized spacial score (nSPS) is 16.4. The van der Waals surface area contributed by atoms with E-state index in [1.54, 1.807) is 0 Å². The van der Waals surface area contributed by atoms with Gasteiger partial charge in [-0.2, -0.15) is 0 Å². The molecule has 0 atom stereocenters. The lowest BCUT2D eigenvalue weighted by Gasteiger charge is -2.49. The molecule has 0 aromatic heterocycles. The first-order valence-electron chi connectivity index (χ1n) is 21.5. The first-order valence-corrected chi connectivity index (χ1v) is 21.5. The third-order valence-electron chi connectivity index (χ3n) is 13.9. The molecular weight excluding hydrogens is 733 g/mol. The molecular formula is C56H54N2O2. The second-order valence-corrected chi connectivity index (χ2v) is 18.3. The summed E-state index contributed by atoms with van der Waals surface area (Å²) >= 11 is 0. The van der Waals surface area contributed by atoms with E-state index in [0.29, 0.717) is 13.2 Å². The zero-order valence-electron chi connectivity index (χ0n) is 36.2. The molecule has 7 aromatic rings. The van der Waals surface area contributed by atoms with Crippen molar-refractivity contribution in [2.45, 2.75) is 78.4 Å². The van der Waals surface area contributed by atoms with E-state index >= 15 is 0 Å². The van der Waals surface area contributed by atoms with E-state index < -0.39 is 5.79 Å². The molecule has 1 fully saturated rings. The minimum absolute atomic E-state index is 0.199. The van der Waals surface area contributed by atoms with E-state index in [-0.39, 0.29) is 10.8 Å². The molecule has 1 aliphatic heterocycles. The number of ether oxygens (including phenoxy) is 2. The van der Waals surface area contributed by atoms with Crippen molar-refractivity contribution in [2.24, 2.45) is 0 Å². The fourth-order valence-corrected chi connectivity index (χ4v) is 9.77. The van der Waals surface area contributed by atoms with E-state index in [9.17, 15) is 0 Å². The highest BCUT2D eigenvalue weighted by molar-refractivity contribution is 5.90. The average molecular weight is 787 g/mol. The molecule has 0 N–H and O–H groups in total. The van der Waals surface area contributed by atoms with E-state index in [4.69, 9.17) is 9.47 Å². The molecule has 0 unspecified atom stereocenters. The molecule has 2 aliphatic carbocycles. The predicted molar refractivity (Wildman–Crippen MR) is 249 cm³/mol. The highest BCUT2D eigenvalue weighted by Crippen LogP contribution is 2.60. The van der Waals surface area contributed by atoms with Crippen LogP contribution in [-0.4, -0.2) is 13.2 Å². The van der Waals surface area contributed by atoms with Gasteiger partial charge < -0.3 is 19.3 Å². The van der Waals surface area contributed by atoms with Gasteiger partial charge in [0.2, 0.25) is 5.79 Å². The van der Waals surface area contributed by atoms with Crippen LogP contribution in [-0.2, 0) is 26.1 Å². The molecule has 0 amide bonds. The van der Waals surface area contributed by atoms with Crippen LogP contribution >= 0.6 is 0 Å². The third-order valence-corrected chi connectivity index (χ3v) is 13.9. The van der Waals surface area contributed by atoms with Crippen LogP contribution < -0.4 is 9.80 Å². The predicted octanol–water partition coefficient (Wildman–Crippen LogP) is 14.7. The number of rotatable bonds is 6. The van der Waals surface area contributed by atoms with E-state index in [1.807, 2.05) is 0 Å². The largest absolute Gasteiger partial charge is 0.342 e. The molecule has 4 nitrogen and oxygen atoms in total. The molecule has 3 aliphatic rings. The van der Waals surface area contributed by atoms with Gasteiger partial charge in [0.15, 0.2) is 0 Å². The monoisotopic (exact) mass is 786 g/mol. The van der Waals surface area contributed by atoms with Gasteiger partial charge in [-0.05, 0) is 163 Å². The number of benzene rings is 7. The number of nitrogens with zero attached hydrogens (tertiary/aromatic N) is 2. The number of fused-ring (bicyclic) bond motifs is 8. The van der Waals surface area contributed by atoms with Crippen molar-refractivity contribution in [3.63, 3.8) is 0 Å². The molecule has 1 spiro atoms. The van der Waals surface area contributed by atoms with Gasteiger partial charge in [-0.25, -0.2) is 0 Å². The Morgan fingerprint density at radius 1 is 0.350 bits per heavy atom. The van der Waals surface area contributed by atoms with Gasteiger partial charge in [-0.3, -0.25) is 0 Å². The minimum Gasteiger partial charge on any atom is -0.342 e. The lowest BCUT2D eigenvalue weighted by molar-refractivity contribution is -0.246. The number of hydrogen-bond donors (Lipinski definition) is 0. The molecule has 4 heteroatoms. The molecule has 1 heterocycles. The minimum atomic E-state index is -1.01. The molecule has 0 saturated carbocycles. The Balaban J connectivity index is 1.14. The Morgan fingerprint density at radius 3 is 1.07 bits per heavy atom. The van der Waals surface area contributed by atoms with Crippen molar-refractivity contribution in [3.05, 3.63) is 190 Å². The fraction of sp³-hybridized carbons (Fsp3) is 0.250.